The van der Waals surface area contributed by atoms with E-state index in [9.17, 15) is 0 Å². The van der Waals surface area contributed by atoms with E-state index in [1.165, 1.54) is 0 Å². The molecule has 0 unspecified atom stereocenters. The number of aryl methyl sites for hydroxylation is 2. The van der Waals surface area contributed by atoms with Crippen LogP contribution < -0.4 is 4.74 Å². The van der Waals surface area contributed by atoms with Crippen molar-refractivity contribution in [2.24, 2.45) is 0 Å². The molecule has 0 bridgehead atoms. The van der Waals surface area contributed by atoms with Crippen molar-refractivity contribution in [2.75, 3.05) is 13.2 Å². The summed E-state index contributed by atoms with van der Waals surface area (Å²) in [6, 6.07) is 3.85. The zero-order chi connectivity index (χ0) is 13.2. The topological polar surface area (TPSA) is 27.7 Å². The molecule has 0 atom stereocenters. The highest BCUT2D eigenvalue weighted by Gasteiger charge is 2.39. The van der Waals surface area contributed by atoms with Gasteiger partial charge in [0.05, 0.1) is 13.2 Å². The molecule has 3 nitrogen and oxygen atoms in total. The van der Waals surface area contributed by atoms with E-state index in [1.807, 2.05) is 32.9 Å². The Morgan fingerprint density at radius 2 is 1.94 bits per heavy atom. The Morgan fingerprint density at radius 3 is 2.56 bits per heavy atom. The van der Waals surface area contributed by atoms with Gasteiger partial charge in [0.1, 0.15) is 5.75 Å². The summed E-state index contributed by atoms with van der Waals surface area (Å²) >= 11 is 6.06. The average molecular weight is 271 g/mol. The van der Waals surface area contributed by atoms with Crippen molar-refractivity contribution in [1.29, 1.82) is 0 Å². The zero-order valence-electron chi connectivity index (χ0n) is 11.1. The molecule has 1 aliphatic heterocycles. The van der Waals surface area contributed by atoms with Crippen molar-refractivity contribution in [3.63, 3.8) is 0 Å². The zero-order valence-corrected chi connectivity index (χ0v) is 11.8. The van der Waals surface area contributed by atoms with Gasteiger partial charge in [0.2, 0.25) is 0 Å². The molecule has 0 radical (unpaired) electrons. The third-order valence-corrected chi connectivity index (χ3v) is 3.22. The number of hydrogen-bond donors (Lipinski definition) is 0. The molecule has 0 aliphatic carbocycles. The standard InChI is InChI=1S/C14H19ClO3/c1-4-16-14(17-5-2)7-6-11-9-12(15)8-10(3)13(11)18-14/h8-9H,4-7H2,1-3H3. The number of fused-ring (bicyclic) bond motifs is 1. The summed E-state index contributed by atoms with van der Waals surface area (Å²) in [6.45, 7) is 6.98. The SMILES string of the molecule is CCOC1(OCC)CCc2cc(Cl)cc(C)c2O1. The molecule has 0 saturated carbocycles. The molecule has 0 fully saturated rings. The van der Waals surface area contributed by atoms with Crippen LogP contribution in [0.1, 0.15) is 31.4 Å². The van der Waals surface area contributed by atoms with Crippen molar-refractivity contribution < 1.29 is 14.2 Å². The lowest BCUT2D eigenvalue weighted by Crippen LogP contribution is -2.45. The molecule has 1 aromatic carbocycles. The van der Waals surface area contributed by atoms with Gasteiger partial charge in [-0.05, 0) is 50.5 Å². The minimum atomic E-state index is -0.935. The summed E-state index contributed by atoms with van der Waals surface area (Å²) in [7, 11) is 0. The minimum Gasteiger partial charge on any atom is -0.438 e. The van der Waals surface area contributed by atoms with Gasteiger partial charge in [-0.15, -0.1) is 0 Å². The van der Waals surface area contributed by atoms with Crippen LogP contribution in [0.4, 0.5) is 0 Å². The first-order valence-electron chi connectivity index (χ1n) is 6.36. The van der Waals surface area contributed by atoms with E-state index in [1.54, 1.807) is 0 Å². The Hall–Kier alpha value is -0.770. The van der Waals surface area contributed by atoms with E-state index >= 15 is 0 Å². The maximum Gasteiger partial charge on any atom is 0.327 e. The molecule has 100 valence electrons. The quantitative estimate of drug-likeness (QED) is 0.781. The Bertz CT molecular complexity index is 425. The number of benzene rings is 1. The molecule has 0 saturated heterocycles. The minimum absolute atomic E-state index is 0.558. The lowest BCUT2D eigenvalue weighted by Gasteiger charge is -2.37. The summed E-state index contributed by atoms with van der Waals surface area (Å²) in [6.07, 6.45) is 1.53. The van der Waals surface area contributed by atoms with E-state index in [2.05, 4.69) is 0 Å². The van der Waals surface area contributed by atoms with Crippen LogP contribution in [-0.2, 0) is 15.9 Å². The van der Waals surface area contributed by atoms with Gasteiger partial charge in [0, 0.05) is 11.4 Å². The van der Waals surface area contributed by atoms with Crippen LogP contribution in [0.3, 0.4) is 0 Å². The molecule has 0 aromatic heterocycles. The van der Waals surface area contributed by atoms with Crippen molar-refractivity contribution in [2.45, 2.75) is 39.6 Å². The fourth-order valence-electron chi connectivity index (χ4n) is 2.31. The molecule has 1 aromatic rings. The molecule has 2 rings (SSSR count). The Morgan fingerprint density at radius 1 is 1.28 bits per heavy atom. The normalized spacial score (nSPS) is 17.1. The highest BCUT2D eigenvalue weighted by Crippen LogP contribution is 2.38. The lowest BCUT2D eigenvalue weighted by molar-refractivity contribution is -0.347. The molecular formula is C14H19ClO3. The molecule has 0 spiro atoms. The maximum absolute atomic E-state index is 6.06. The predicted octanol–water partition coefficient (Wildman–Crippen LogP) is 3.70. The van der Waals surface area contributed by atoms with E-state index in [0.29, 0.717) is 19.6 Å². The molecule has 1 heterocycles. The van der Waals surface area contributed by atoms with Crippen LogP contribution in [0.2, 0.25) is 5.02 Å². The molecule has 18 heavy (non-hydrogen) atoms. The smallest absolute Gasteiger partial charge is 0.327 e. The second-order valence-corrected chi connectivity index (χ2v) is 4.80. The van der Waals surface area contributed by atoms with Gasteiger partial charge in [0.25, 0.3) is 0 Å². The van der Waals surface area contributed by atoms with Gasteiger partial charge in [0.15, 0.2) is 0 Å². The summed E-state index contributed by atoms with van der Waals surface area (Å²) in [4.78, 5) is 0. The van der Waals surface area contributed by atoms with E-state index < -0.39 is 5.97 Å². The average Bonchev–Trinajstić information content (AvgIpc) is 2.31. The number of halogens is 1. The van der Waals surface area contributed by atoms with E-state index in [0.717, 1.165) is 28.3 Å². The number of rotatable bonds is 4. The Balaban J connectivity index is 2.32. The Labute approximate surface area is 113 Å². The van der Waals surface area contributed by atoms with Crippen LogP contribution in [0.15, 0.2) is 12.1 Å². The predicted molar refractivity (Wildman–Crippen MR) is 71.1 cm³/mol. The van der Waals surface area contributed by atoms with Crippen LogP contribution >= 0.6 is 11.6 Å². The van der Waals surface area contributed by atoms with Crippen LogP contribution in [-0.4, -0.2) is 19.2 Å². The summed E-state index contributed by atoms with van der Waals surface area (Å²) < 4.78 is 17.3. The van der Waals surface area contributed by atoms with Crippen molar-refractivity contribution >= 4 is 11.6 Å². The largest absolute Gasteiger partial charge is 0.438 e. The maximum atomic E-state index is 6.06. The summed E-state index contributed by atoms with van der Waals surface area (Å²) in [5.41, 5.74) is 2.14. The molecule has 0 N–H and O–H groups in total. The monoisotopic (exact) mass is 270 g/mol. The molecular weight excluding hydrogens is 252 g/mol. The van der Waals surface area contributed by atoms with Crippen LogP contribution in [0.25, 0.3) is 0 Å². The van der Waals surface area contributed by atoms with Crippen molar-refractivity contribution in [3.8, 4) is 5.75 Å². The van der Waals surface area contributed by atoms with Crippen molar-refractivity contribution in [3.05, 3.63) is 28.3 Å². The highest BCUT2D eigenvalue weighted by molar-refractivity contribution is 6.30. The van der Waals surface area contributed by atoms with Crippen molar-refractivity contribution in [1.82, 2.24) is 0 Å². The number of hydrogen-bond acceptors (Lipinski definition) is 3. The van der Waals surface area contributed by atoms with Gasteiger partial charge >= 0.3 is 5.97 Å². The first-order valence-corrected chi connectivity index (χ1v) is 6.74. The van der Waals surface area contributed by atoms with Gasteiger partial charge in [-0.2, -0.15) is 0 Å². The lowest BCUT2D eigenvalue weighted by atomic mass is 10.0. The highest BCUT2D eigenvalue weighted by atomic mass is 35.5. The van der Waals surface area contributed by atoms with Crippen LogP contribution in [0, 0.1) is 6.92 Å². The second-order valence-electron chi connectivity index (χ2n) is 4.36. The molecule has 0 amide bonds. The van der Waals surface area contributed by atoms with Crippen LogP contribution in [0.5, 0.6) is 5.75 Å². The Kier molecular flexibility index (Phi) is 4.15. The fourth-order valence-corrected chi connectivity index (χ4v) is 2.61. The van der Waals surface area contributed by atoms with Gasteiger partial charge in [-0.25, -0.2) is 0 Å². The van der Waals surface area contributed by atoms with Gasteiger partial charge < -0.3 is 14.2 Å². The first kappa shape index (κ1) is 13.7. The molecule has 1 aliphatic rings. The third kappa shape index (κ3) is 2.63. The van der Waals surface area contributed by atoms with Gasteiger partial charge in [-0.1, -0.05) is 11.6 Å². The third-order valence-electron chi connectivity index (χ3n) is 3.00. The molecule has 4 heteroatoms. The summed E-state index contributed by atoms with van der Waals surface area (Å²) in [5.74, 6) is -0.0951. The van der Waals surface area contributed by atoms with E-state index in [-0.39, 0.29) is 0 Å². The summed E-state index contributed by atoms with van der Waals surface area (Å²) in [5, 5.41) is 0.746. The van der Waals surface area contributed by atoms with Gasteiger partial charge in [-0.3, -0.25) is 0 Å². The van der Waals surface area contributed by atoms with E-state index in [4.69, 9.17) is 25.8 Å². The number of ether oxygens (including phenoxy) is 3. The second kappa shape index (κ2) is 5.47. The first-order chi connectivity index (χ1) is 8.60. The fraction of sp³-hybridized carbons (Fsp3) is 0.571.